The third-order valence-corrected chi connectivity index (χ3v) is 5.96. The van der Waals surface area contributed by atoms with Gasteiger partial charge in [-0.15, -0.1) is 0 Å². The summed E-state index contributed by atoms with van der Waals surface area (Å²) in [7, 11) is 2.18. The lowest BCUT2D eigenvalue weighted by Gasteiger charge is -2.38. The molecule has 0 aromatic heterocycles. The van der Waals surface area contributed by atoms with Gasteiger partial charge < -0.3 is 14.7 Å². The van der Waals surface area contributed by atoms with Crippen molar-refractivity contribution in [3.63, 3.8) is 0 Å². The zero-order chi connectivity index (χ0) is 19.1. The van der Waals surface area contributed by atoms with E-state index in [0.717, 1.165) is 64.8 Å². The highest BCUT2D eigenvalue weighted by Crippen LogP contribution is 2.17. The maximum absolute atomic E-state index is 12.6. The molecule has 2 saturated heterocycles. The number of amides is 2. The van der Waals surface area contributed by atoms with E-state index < -0.39 is 0 Å². The SMILES string of the molecule is CN(CCc1ccccc1)C1CCCN(C(=O)CCCN2CCCC2=O)C1. The lowest BCUT2D eigenvalue weighted by Crippen LogP contribution is -2.49. The monoisotopic (exact) mass is 371 g/mol. The highest BCUT2D eigenvalue weighted by molar-refractivity contribution is 5.78. The molecule has 2 aliphatic rings. The molecule has 0 aliphatic carbocycles. The molecule has 2 heterocycles. The third-order valence-electron chi connectivity index (χ3n) is 5.96. The van der Waals surface area contributed by atoms with Gasteiger partial charge in [0.05, 0.1) is 0 Å². The predicted molar refractivity (Wildman–Crippen MR) is 107 cm³/mol. The molecule has 148 valence electrons. The fourth-order valence-electron chi connectivity index (χ4n) is 4.19. The minimum absolute atomic E-state index is 0.250. The van der Waals surface area contributed by atoms with Crippen molar-refractivity contribution in [1.82, 2.24) is 14.7 Å². The Morgan fingerprint density at radius 2 is 2.00 bits per heavy atom. The van der Waals surface area contributed by atoms with Gasteiger partial charge in [0.1, 0.15) is 0 Å². The molecule has 27 heavy (non-hydrogen) atoms. The van der Waals surface area contributed by atoms with Crippen molar-refractivity contribution in [3.05, 3.63) is 35.9 Å². The number of likely N-dealkylation sites (N-methyl/N-ethyl adjacent to an activating group) is 1. The largest absolute Gasteiger partial charge is 0.343 e. The van der Waals surface area contributed by atoms with E-state index in [9.17, 15) is 9.59 Å². The van der Waals surface area contributed by atoms with Crippen LogP contribution in [0, 0.1) is 0 Å². The second kappa shape index (κ2) is 9.88. The number of benzene rings is 1. The first-order valence-electron chi connectivity index (χ1n) is 10.4. The molecule has 5 nitrogen and oxygen atoms in total. The molecule has 1 aromatic carbocycles. The maximum atomic E-state index is 12.6. The molecule has 2 amide bonds. The highest BCUT2D eigenvalue weighted by Gasteiger charge is 2.26. The van der Waals surface area contributed by atoms with Crippen LogP contribution < -0.4 is 0 Å². The molecule has 0 N–H and O–H groups in total. The number of carbonyl (C=O) groups is 2. The minimum Gasteiger partial charge on any atom is -0.343 e. The molecule has 5 heteroatoms. The second-order valence-electron chi connectivity index (χ2n) is 7.94. The van der Waals surface area contributed by atoms with Gasteiger partial charge in [0.2, 0.25) is 11.8 Å². The summed E-state index contributed by atoms with van der Waals surface area (Å²) >= 11 is 0. The summed E-state index contributed by atoms with van der Waals surface area (Å²) in [4.78, 5) is 30.6. The van der Waals surface area contributed by atoms with Crippen molar-refractivity contribution in [2.45, 2.75) is 51.0 Å². The first-order chi connectivity index (χ1) is 13.1. The van der Waals surface area contributed by atoms with E-state index >= 15 is 0 Å². The van der Waals surface area contributed by atoms with E-state index in [4.69, 9.17) is 0 Å². The zero-order valence-corrected chi connectivity index (χ0v) is 16.6. The van der Waals surface area contributed by atoms with Crippen LogP contribution in [0.4, 0.5) is 0 Å². The van der Waals surface area contributed by atoms with Gasteiger partial charge in [-0.3, -0.25) is 9.59 Å². The van der Waals surface area contributed by atoms with E-state index in [1.165, 1.54) is 5.56 Å². The van der Waals surface area contributed by atoms with Gasteiger partial charge in [-0.25, -0.2) is 0 Å². The fourth-order valence-corrected chi connectivity index (χ4v) is 4.19. The van der Waals surface area contributed by atoms with Crippen LogP contribution in [0.1, 0.15) is 44.1 Å². The smallest absolute Gasteiger partial charge is 0.222 e. The quantitative estimate of drug-likeness (QED) is 0.705. The number of carbonyl (C=O) groups excluding carboxylic acids is 2. The number of rotatable bonds is 8. The molecule has 1 atom stereocenters. The lowest BCUT2D eigenvalue weighted by molar-refractivity contribution is -0.134. The van der Waals surface area contributed by atoms with Gasteiger partial charge in [0.25, 0.3) is 0 Å². The summed E-state index contributed by atoms with van der Waals surface area (Å²) in [6, 6.07) is 11.0. The average Bonchev–Trinajstić information content (AvgIpc) is 3.11. The van der Waals surface area contributed by atoms with Crippen molar-refractivity contribution >= 4 is 11.8 Å². The Hall–Kier alpha value is -1.88. The number of nitrogens with zero attached hydrogens (tertiary/aromatic N) is 3. The Balaban J connectivity index is 1.39. The van der Waals surface area contributed by atoms with Crippen LogP contribution in [-0.2, 0) is 16.0 Å². The van der Waals surface area contributed by atoms with E-state index in [1.54, 1.807) is 0 Å². The lowest BCUT2D eigenvalue weighted by atomic mass is 10.0. The summed E-state index contributed by atoms with van der Waals surface area (Å²) in [6.45, 7) is 4.34. The van der Waals surface area contributed by atoms with Crippen LogP contribution in [0.2, 0.25) is 0 Å². The van der Waals surface area contributed by atoms with Gasteiger partial charge in [0, 0.05) is 51.6 Å². The van der Waals surface area contributed by atoms with Crippen molar-refractivity contribution in [1.29, 1.82) is 0 Å². The Bertz CT molecular complexity index is 619. The van der Waals surface area contributed by atoms with Crippen LogP contribution in [0.5, 0.6) is 0 Å². The number of likely N-dealkylation sites (tertiary alicyclic amines) is 2. The molecule has 0 bridgehead atoms. The second-order valence-corrected chi connectivity index (χ2v) is 7.94. The third kappa shape index (κ3) is 5.80. The van der Waals surface area contributed by atoms with Crippen molar-refractivity contribution in [3.8, 4) is 0 Å². The van der Waals surface area contributed by atoms with E-state index in [-0.39, 0.29) is 11.8 Å². The number of piperidine rings is 1. The Kier molecular flexibility index (Phi) is 7.27. The molecular weight excluding hydrogens is 338 g/mol. The van der Waals surface area contributed by atoms with Crippen LogP contribution >= 0.6 is 0 Å². The van der Waals surface area contributed by atoms with Gasteiger partial charge in [0.15, 0.2) is 0 Å². The van der Waals surface area contributed by atoms with Crippen molar-refractivity contribution in [2.75, 3.05) is 39.8 Å². The van der Waals surface area contributed by atoms with E-state index in [1.807, 2.05) is 9.80 Å². The predicted octanol–water partition coefficient (Wildman–Crippen LogP) is 2.55. The van der Waals surface area contributed by atoms with Gasteiger partial charge >= 0.3 is 0 Å². The van der Waals surface area contributed by atoms with Crippen LogP contribution in [0.25, 0.3) is 0 Å². The molecule has 2 aliphatic heterocycles. The molecule has 1 aromatic rings. The molecule has 0 saturated carbocycles. The average molecular weight is 372 g/mol. The van der Waals surface area contributed by atoms with Crippen LogP contribution in [-0.4, -0.2) is 72.3 Å². The summed E-state index contributed by atoms with van der Waals surface area (Å²) in [5, 5.41) is 0. The normalized spacial score (nSPS) is 20.5. The number of hydrogen-bond donors (Lipinski definition) is 0. The molecule has 0 radical (unpaired) electrons. The molecule has 3 rings (SSSR count). The summed E-state index contributed by atoms with van der Waals surface area (Å²) in [5.74, 6) is 0.503. The van der Waals surface area contributed by atoms with Crippen LogP contribution in [0.15, 0.2) is 30.3 Å². The highest BCUT2D eigenvalue weighted by atomic mass is 16.2. The Labute approximate surface area is 163 Å². The fraction of sp³-hybridized carbons (Fsp3) is 0.636. The minimum atomic E-state index is 0.250. The number of hydrogen-bond acceptors (Lipinski definition) is 3. The van der Waals surface area contributed by atoms with Crippen LogP contribution in [0.3, 0.4) is 0 Å². The maximum Gasteiger partial charge on any atom is 0.222 e. The van der Waals surface area contributed by atoms with Gasteiger partial charge in [-0.1, -0.05) is 30.3 Å². The molecule has 0 spiro atoms. The standard InChI is InChI=1S/C22H33N3O2/c1-23(17-13-19-8-3-2-4-9-19)20-10-5-16-25(18-20)22(27)12-7-15-24-14-6-11-21(24)26/h2-4,8-9,20H,5-7,10-18H2,1H3. The molecular formula is C22H33N3O2. The van der Waals surface area contributed by atoms with E-state index in [0.29, 0.717) is 18.9 Å². The topological polar surface area (TPSA) is 43.9 Å². The summed E-state index contributed by atoms with van der Waals surface area (Å²) < 4.78 is 0. The molecule has 2 fully saturated rings. The molecule has 1 unspecified atom stereocenters. The summed E-state index contributed by atoms with van der Waals surface area (Å²) in [5.41, 5.74) is 1.37. The summed E-state index contributed by atoms with van der Waals surface area (Å²) in [6.07, 6.45) is 6.28. The van der Waals surface area contributed by atoms with Crippen molar-refractivity contribution < 1.29 is 9.59 Å². The Morgan fingerprint density at radius 1 is 1.19 bits per heavy atom. The van der Waals surface area contributed by atoms with E-state index in [2.05, 4.69) is 42.3 Å². The van der Waals surface area contributed by atoms with Gasteiger partial charge in [-0.05, 0) is 44.7 Å². The van der Waals surface area contributed by atoms with Gasteiger partial charge in [-0.2, -0.15) is 0 Å². The van der Waals surface area contributed by atoms with Crippen molar-refractivity contribution in [2.24, 2.45) is 0 Å². The Morgan fingerprint density at radius 3 is 2.74 bits per heavy atom. The first-order valence-corrected chi connectivity index (χ1v) is 10.4. The first kappa shape index (κ1) is 19.9. The zero-order valence-electron chi connectivity index (χ0n) is 16.6.